The minimum Gasteiger partial charge on any atom is -0.310 e. The number of hydrogen-bond donors (Lipinski definition) is 0. The lowest BCUT2D eigenvalue weighted by molar-refractivity contribution is 0.662. The van der Waals surface area contributed by atoms with Crippen molar-refractivity contribution in [1.82, 2.24) is 0 Å². The minimum atomic E-state index is -0.608. The Bertz CT molecular complexity index is 2610. The topological polar surface area (TPSA) is 3.24 Å². The number of hydrogen-bond acceptors (Lipinski definition) is 1. The lowest BCUT2D eigenvalue weighted by Crippen LogP contribution is -2.15. The molecule has 42 heavy (non-hydrogen) atoms. The predicted molar refractivity (Wildman–Crippen MR) is 181 cm³/mol. The van der Waals surface area contributed by atoms with E-state index in [0.29, 0.717) is 5.39 Å². The maximum Gasteiger partial charge on any atom is 0.0645 e. The molecule has 1 nitrogen and oxygen atoms in total. The molecule has 1 aliphatic rings. The summed E-state index contributed by atoms with van der Waals surface area (Å²) in [4.78, 5) is 1.21. The van der Waals surface area contributed by atoms with Crippen LogP contribution in [-0.4, -0.2) is 0 Å². The first-order valence-corrected chi connectivity index (χ1v) is 13.9. The monoisotopic (exact) mass is 547 g/mol. The van der Waals surface area contributed by atoms with Gasteiger partial charge in [0.2, 0.25) is 0 Å². The molecule has 0 atom stereocenters. The highest BCUT2D eigenvalue weighted by molar-refractivity contribution is 6.15. The van der Waals surface area contributed by atoms with Crippen molar-refractivity contribution in [2.75, 3.05) is 4.90 Å². The Balaban J connectivity index is 1.33. The van der Waals surface area contributed by atoms with Crippen LogP contribution in [0, 0.1) is 0 Å². The van der Waals surface area contributed by atoms with E-state index >= 15 is 0 Å². The van der Waals surface area contributed by atoms with Crippen LogP contribution >= 0.6 is 0 Å². The number of fused-ring (bicyclic) bond motifs is 1. The summed E-state index contributed by atoms with van der Waals surface area (Å²) in [5, 5.41) is 6.31. The lowest BCUT2D eigenvalue weighted by atomic mass is 9.81. The third kappa shape index (κ3) is 3.78. The fourth-order valence-electron chi connectivity index (χ4n) is 6.42. The van der Waals surface area contributed by atoms with Crippen molar-refractivity contribution in [3.8, 4) is 0 Å². The van der Waals surface area contributed by atoms with Gasteiger partial charge in [-0.25, -0.2) is 0 Å². The van der Waals surface area contributed by atoms with Crippen molar-refractivity contribution in [1.29, 1.82) is 0 Å². The van der Waals surface area contributed by atoms with Crippen LogP contribution in [0.2, 0.25) is 0 Å². The molecule has 7 aromatic carbocycles. The number of para-hydroxylation sites is 2. The first-order valence-electron chi connectivity index (χ1n) is 18.9. The molecule has 0 spiro atoms. The fraction of sp³-hybridized carbons (Fsp3) is 0.0732. The van der Waals surface area contributed by atoms with Crippen LogP contribution < -0.4 is 4.90 Å². The molecule has 7 aromatic rings. The van der Waals surface area contributed by atoms with E-state index in [-0.39, 0.29) is 22.5 Å². The Morgan fingerprint density at radius 1 is 0.595 bits per heavy atom. The average molecular weight is 548 g/mol. The minimum absolute atomic E-state index is 0.171. The molecule has 8 rings (SSSR count). The molecule has 1 aliphatic carbocycles. The van der Waals surface area contributed by atoms with Gasteiger partial charge in [0.25, 0.3) is 0 Å². The molecule has 0 saturated carbocycles. The van der Waals surface area contributed by atoms with Crippen molar-refractivity contribution in [3.63, 3.8) is 0 Å². The first-order chi connectivity index (χ1) is 24.7. The quantitative estimate of drug-likeness (QED) is 0.153. The lowest BCUT2D eigenvalue weighted by Gasteiger charge is -2.27. The molecule has 0 aromatic heterocycles. The van der Waals surface area contributed by atoms with Gasteiger partial charge in [0.05, 0.1) is 19.4 Å². The molecule has 0 aliphatic heterocycles. The highest BCUT2D eigenvalue weighted by Crippen LogP contribution is 2.49. The summed E-state index contributed by atoms with van der Waals surface area (Å²) in [6, 6.07) is 20.2. The summed E-state index contributed by atoms with van der Waals surface area (Å²) in [5.41, 5.74) is 3.89. The molecule has 0 amide bonds. The predicted octanol–water partition coefficient (Wildman–Crippen LogP) is 11.4. The Labute approximate surface area is 261 Å². The summed E-state index contributed by atoms with van der Waals surface area (Å²) in [6.45, 7) is 4.51. The van der Waals surface area contributed by atoms with E-state index < -0.39 is 60.4 Å². The van der Waals surface area contributed by atoms with Gasteiger partial charge in [-0.2, -0.15) is 0 Å². The Kier molecular flexibility index (Phi) is 3.68. The van der Waals surface area contributed by atoms with Gasteiger partial charge >= 0.3 is 0 Å². The van der Waals surface area contributed by atoms with E-state index in [4.69, 9.17) is 13.7 Å². The van der Waals surface area contributed by atoms with Crippen molar-refractivity contribution in [2.24, 2.45) is 0 Å². The zero-order valence-electron chi connectivity index (χ0n) is 33.1. The fourth-order valence-corrected chi connectivity index (χ4v) is 6.42. The van der Waals surface area contributed by atoms with Crippen LogP contribution in [0.15, 0.2) is 139 Å². The highest BCUT2D eigenvalue weighted by Gasteiger charge is 2.33. The van der Waals surface area contributed by atoms with Gasteiger partial charge in [0, 0.05) is 22.2 Å². The third-order valence-electron chi connectivity index (χ3n) is 8.38. The molecule has 0 fully saturated rings. The molecule has 1 heteroatoms. The standard InChI is InChI=1S/C41H31N/c1-41(2)36-19-11-12-30-22-23-31-26-28(27-37(41)40(31)39(30)36)20-21-29-24-25-38(35-18-10-9-17-34(29)35)42(32-13-5-3-6-14-32)33-15-7-4-8-16-33/h3-27H,1-2H3/b21-20+/i3D,4D,5D,6D,7D,8D,13D,14D,15D,16D. The summed E-state index contributed by atoms with van der Waals surface area (Å²) in [5.74, 6) is 0. The summed E-state index contributed by atoms with van der Waals surface area (Å²) in [6.07, 6.45) is 4.07. The largest absolute Gasteiger partial charge is 0.310 e. The van der Waals surface area contributed by atoms with Crippen molar-refractivity contribution >= 4 is 61.5 Å². The van der Waals surface area contributed by atoms with E-state index in [0.717, 1.165) is 21.9 Å². The van der Waals surface area contributed by atoms with Gasteiger partial charge in [-0.05, 0) is 85.5 Å². The molecular formula is C41H31N. The van der Waals surface area contributed by atoms with E-state index in [2.05, 4.69) is 62.4 Å². The second-order valence-electron chi connectivity index (χ2n) is 11.1. The molecule has 0 unspecified atom stereocenters. The molecule has 0 saturated heterocycles. The maximum atomic E-state index is 8.84. The Morgan fingerprint density at radius 3 is 2.00 bits per heavy atom. The zero-order valence-corrected chi connectivity index (χ0v) is 23.1. The van der Waals surface area contributed by atoms with Crippen molar-refractivity contribution in [2.45, 2.75) is 19.3 Å². The summed E-state index contributed by atoms with van der Waals surface area (Å²) in [7, 11) is 0. The number of anilines is 3. The third-order valence-corrected chi connectivity index (χ3v) is 8.38. The van der Waals surface area contributed by atoms with E-state index in [1.54, 1.807) is 18.2 Å². The van der Waals surface area contributed by atoms with Gasteiger partial charge < -0.3 is 4.90 Å². The van der Waals surface area contributed by atoms with Crippen LogP contribution in [0.3, 0.4) is 0 Å². The van der Waals surface area contributed by atoms with Crippen LogP contribution in [0.1, 0.15) is 49.8 Å². The summed E-state index contributed by atoms with van der Waals surface area (Å²) >= 11 is 0. The van der Waals surface area contributed by atoms with Gasteiger partial charge in [-0.15, -0.1) is 0 Å². The van der Waals surface area contributed by atoms with E-state index in [1.165, 1.54) is 32.2 Å². The highest BCUT2D eigenvalue weighted by atomic mass is 15.1. The number of benzene rings is 7. The molecule has 0 radical (unpaired) electrons. The number of rotatable bonds is 5. The molecule has 200 valence electrons. The van der Waals surface area contributed by atoms with Gasteiger partial charge in [-0.1, -0.05) is 129 Å². The van der Waals surface area contributed by atoms with Gasteiger partial charge in [-0.3, -0.25) is 0 Å². The molecule has 0 N–H and O–H groups in total. The normalized spacial score (nSPS) is 16.9. The van der Waals surface area contributed by atoms with E-state index in [1.807, 2.05) is 24.3 Å². The average Bonchev–Trinajstić information content (AvgIpc) is 3.38. The maximum absolute atomic E-state index is 8.84. The summed E-state index contributed by atoms with van der Waals surface area (Å²) < 4.78 is 85.4. The first kappa shape index (κ1) is 16.3. The van der Waals surface area contributed by atoms with Crippen molar-refractivity contribution < 1.29 is 13.7 Å². The second kappa shape index (κ2) is 9.46. The van der Waals surface area contributed by atoms with Crippen LogP contribution in [0.25, 0.3) is 44.5 Å². The molecule has 0 bridgehead atoms. The van der Waals surface area contributed by atoms with Crippen molar-refractivity contribution in [3.05, 3.63) is 162 Å². The second-order valence-corrected chi connectivity index (χ2v) is 11.1. The SMILES string of the molecule is [2H]c1c([2H])c([2H])c(N(c2c([2H])c([2H])c([2H])c([2H])c2[2H])c2ccc(/C=C/c3cc4c5c(ccc6cccc(c65)C4(C)C)c3)c3ccccc23)c([2H])c1[2H]. The Hall–Kier alpha value is -5.14. The number of nitrogens with zero attached hydrogens (tertiary/aromatic N) is 1. The van der Waals surface area contributed by atoms with Crippen LogP contribution in [0.5, 0.6) is 0 Å². The van der Waals surface area contributed by atoms with Crippen LogP contribution in [0.4, 0.5) is 17.1 Å². The smallest absolute Gasteiger partial charge is 0.0645 e. The van der Waals surface area contributed by atoms with Crippen LogP contribution in [-0.2, 0) is 5.41 Å². The van der Waals surface area contributed by atoms with E-state index in [9.17, 15) is 0 Å². The molecular weight excluding hydrogens is 506 g/mol. The molecule has 0 heterocycles. The Morgan fingerprint density at radius 2 is 1.26 bits per heavy atom. The zero-order chi connectivity index (χ0) is 37.0. The van der Waals surface area contributed by atoms with Gasteiger partial charge in [0.1, 0.15) is 0 Å². The van der Waals surface area contributed by atoms with Gasteiger partial charge in [0.15, 0.2) is 0 Å².